The Kier molecular flexibility index (Phi) is 4.82. The van der Waals surface area contributed by atoms with Crippen LogP contribution in [-0.4, -0.2) is 5.91 Å². The van der Waals surface area contributed by atoms with E-state index in [2.05, 4.69) is 13.2 Å². The van der Waals surface area contributed by atoms with Crippen LogP contribution in [0.5, 0.6) is 0 Å². The molecular weight excluding hydrogens is 138 g/mol. The molecule has 2 N–H and O–H groups in total. The molecule has 0 aliphatic carbocycles. The van der Waals surface area contributed by atoms with Crippen molar-refractivity contribution < 1.29 is 4.79 Å². The van der Waals surface area contributed by atoms with Crippen molar-refractivity contribution in [2.75, 3.05) is 0 Å². The predicted octanol–water partition coefficient (Wildman–Crippen LogP) is 1.55. The van der Waals surface area contributed by atoms with Gasteiger partial charge >= 0.3 is 0 Å². The Hall–Kier alpha value is -1.31. The lowest BCUT2D eigenvalue weighted by Crippen LogP contribution is -2.09. The van der Waals surface area contributed by atoms with Gasteiger partial charge in [-0.05, 0) is 6.42 Å². The number of carbonyl (C=O) groups is 1. The van der Waals surface area contributed by atoms with E-state index in [1.165, 1.54) is 0 Å². The zero-order valence-electron chi connectivity index (χ0n) is 6.55. The van der Waals surface area contributed by atoms with Crippen LogP contribution < -0.4 is 5.73 Å². The van der Waals surface area contributed by atoms with Crippen molar-refractivity contribution in [2.45, 2.75) is 12.8 Å². The fourth-order valence-electron chi connectivity index (χ4n) is 0.571. The summed E-state index contributed by atoms with van der Waals surface area (Å²) in [6.07, 6.45) is 6.24. The molecule has 0 bridgehead atoms. The highest BCUT2D eigenvalue weighted by molar-refractivity contribution is 5.74. The van der Waals surface area contributed by atoms with Crippen LogP contribution in [0.4, 0.5) is 0 Å². The number of nitrogens with two attached hydrogens (primary N) is 1. The first-order valence-corrected chi connectivity index (χ1v) is 3.42. The Bertz CT molecular complexity index is 192. The Labute approximate surface area is 67.1 Å². The van der Waals surface area contributed by atoms with Gasteiger partial charge < -0.3 is 5.73 Å². The molecule has 2 heteroatoms. The van der Waals surface area contributed by atoms with Crippen LogP contribution in [-0.2, 0) is 4.79 Å². The standard InChI is InChI=1S/C9H13NO/c1-3-4-5-8(2)6-7-9(10)11/h3-5H,1-2,6-7H2,(H2,10,11)/b5-4-. The quantitative estimate of drug-likeness (QED) is 0.595. The second kappa shape index (κ2) is 5.47. The number of amides is 1. The third-order valence-corrected chi connectivity index (χ3v) is 1.16. The smallest absolute Gasteiger partial charge is 0.217 e. The maximum Gasteiger partial charge on any atom is 0.217 e. The topological polar surface area (TPSA) is 43.1 Å². The maximum atomic E-state index is 10.3. The summed E-state index contributed by atoms with van der Waals surface area (Å²) in [5.41, 5.74) is 5.84. The fraction of sp³-hybridized carbons (Fsp3) is 0.222. The van der Waals surface area contributed by atoms with Crippen molar-refractivity contribution in [3.63, 3.8) is 0 Å². The van der Waals surface area contributed by atoms with E-state index in [9.17, 15) is 4.79 Å². The summed E-state index contributed by atoms with van der Waals surface area (Å²) in [6.45, 7) is 7.23. The van der Waals surface area contributed by atoms with Crippen molar-refractivity contribution in [2.24, 2.45) is 5.73 Å². The van der Waals surface area contributed by atoms with E-state index >= 15 is 0 Å². The monoisotopic (exact) mass is 151 g/mol. The molecule has 0 aliphatic heterocycles. The molecule has 60 valence electrons. The van der Waals surface area contributed by atoms with Gasteiger partial charge in [-0.25, -0.2) is 0 Å². The Morgan fingerprint density at radius 2 is 2.09 bits per heavy atom. The molecule has 0 saturated carbocycles. The lowest BCUT2D eigenvalue weighted by Gasteiger charge is -1.94. The molecule has 1 amide bonds. The van der Waals surface area contributed by atoms with Crippen LogP contribution in [0.3, 0.4) is 0 Å². The maximum absolute atomic E-state index is 10.3. The molecule has 0 atom stereocenters. The minimum Gasteiger partial charge on any atom is -0.370 e. The van der Waals surface area contributed by atoms with E-state index < -0.39 is 0 Å². The molecule has 0 radical (unpaired) electrons. The number of hydrogen-bond donors (Lipinski definition) is 1. The number of carbonyl (C=O) groups excluding carboxylic acids is 1. The zero-order valence-corrected chi connectivity index (χ0v) is 6.55. The molecule has 0 rings (SSSR count). The summed E-state index contributed by atoms with van der Waals surface area (Å²) in [5.74, 6) is -0.293. The van der Waals surface area contributed by atoms with Crippen molar-refractivity contribution in [3.8, 4) is 0 Å². The summed E-state index contributed by atoms with van der Waals surface area (Å²) in [5, 5.41) is 0. The van der Waals surface area contributed by atoms with Gasteiger partial charge in [0.1, 0.15) is 0 Å². The van der Waals surface area contributed by atoms with E-state index in [1.807, 2.05) is 6.08 Å². The van der Waals surface area contributed by atoms with Gasteiger partial charge in [0.2, 0.25) is 5.91 Å². The first kappa shape index (κ1) is 9.69. The third-order valence-electron chi connectivity index (χ3n) is 1.16. The van der Waals surface area contributed by atoms with Crippen molar-refractivity contribution in [3.05, 3.63) is 37.0 Å². The predicted molar refractivity (Wildman–Crippen MR) is 46.9 cm³/mol. The molecule has 0 aliphatic rings. The summed E-state index contributed by atoms with van der Waals surface area (Å²) in [7, 11) is 0. The highest BCUT2D eigenvalue weighted by atomic mass is 16.1. The van der Waals surface area contributed by atoms with Gasteiger partial charge in [-0.2, -0.15) is 0 Å². The molecule has 0 heterocycles. The van der Waals surface area contributed by atoms with Gasteiger partial charge in [-0.15, -0.1) is 0 Å². The van der Waals surface area contributed by atoms with Crippen LogP contribution in [0.2, 0.25) is 0 Å². The van der Waals surface area contributed by atoms with Crippen LogP contribution in [0, 0.1) is 0 Å². The Morgan fingerprint density at radius 1 is 1.45 bits per heavy atom. The summed E-state index contributed by atoms with van der Waals surface area (Å²) >= 11 is 0. The first-order chi connectivity index (χ1) is 5.16. The molecular formula is C9H13NO. The molecule has 0 aromatic heterocycles. The second-order valence-electron chi connectivity index (χ2n) is 2.22. The second-order valence-corrected chi connectivity index (χ2v) is 2.22. The van der Waals surface area contributed by atoms with Crippen LogP contribution in [0.15, 0.2) is 37.0 Å². The van der Waals surface area contributed by atoms with Gasteiger partial charge in [0.25, 0.3) is 0 Å². The molecule has 0 saturated heterocycles. The molecule has 11 heavy (non-hydrogen) atoms. The first-order valence-electron chi connectivity index (χ1n) is 3.42. The van der Waals surface area contributed by atoms with E-state index in [0.717, 1.165) is 5.57 Å². The molecule has 0 aromatic carbocycles. The van der Waals surface area contributed by atoms with E-state index in [1.54, 1.807) is 12.2 Å². The van der Waals surface area contributed by atoms with Gasteiger partial charge in [0.05, 0.1) is 0 Å². The third kappa shape index (κ3) is 6.58. The molecule has 0 spiro atoms. The van der Waals surface area contributed by atoms with Gasteiger partial charge in [-0.1, -0.05) is 37.0 Å². The summed E-state index contributed by atoms with van der Waals surface area (Å²) < 4.78 is 0. The van der Waals surface area contributed by atoms with Gasteiger partial charge in [-0.3, -0.25) is 4.79 Å². The molecule has 2 nitrogen and oxygen atoms in total. The van der Waals surface area contributed by atoms with Crippen molar-refractivity contribution in [1.82, 2.24) is 0 Å². The fourth-order valence-corrected chi connectivity index (χ4v) is 0.571. The average molecular weight is 151 g/mol. The highest BCUT2D eigenvalue weighted by Crippen LogP contribution is 2.02. The van der Waals surface area contributed by atoms with Gasteiger partial charge in [0, 0.05) is 6.42 Å². The number of allylic oxidation sites excluding steroid dienone is 4. The molecule has 0 aromatic rings. The zero-order chi connectivity index (χ0) is 8.69. The average Bonchev–Trinajstić information content (AvgIpc) is 1.97. The lowest BCUT2D eigenvalue weighted by atomic mass is 10.1. The lowest BCUT2D eigenvalue weighted by molar-refractivity contribution is -0.117. The highest BCUT2D eigenvalue weighted by Gasteiger charge is 1.93. The minimum absolute atomic E-state index is 0.293. The normalized spacial score (nSPS) is 9.82. The minimum atomic E-state index is -0.293. The van der Waals surface area contributed by atoms with E-state index in [4.69, 9.17) is 5.73 Å². The van der Waals surface area contributed by atoms with Crippen LogP contribution in [0.25, 0.3) is 0 Å². The molecule has 0 unspecified atom stereocenters. The summed E-state index contributed by atoms with van der Waals surface area (Å²) in [4.78, 5) is 10.3. The van der Waals surface area contributed by atoms with Crippen LogP contribution in [0.1, 0.15) is 12.8 Å². The number of hydrogen-bond acceptors (Lipinski definition) is 1. The Balaban J connectivity index is 3.61. The summed E-state index contributed by atoms with van der Waals surface area (Å²) in [6, 6.07) is 0. The number of rotatable bonds is 5. The largest absolute Gasteiger partial charge is 0.370 e. The van der Waals surface area contributed by atoms with E-state index in [0.29, 0.717) is 12.8 Å². The number of primary amides is 1. The van der Waals surface area contributed by atoms with Crippen molar-refractivity contribution >= 4 is 5.91 Å². The Morgan fingerprint density at radius 3 is 2.55 bits per heavy atom. The molecule has 0 fully saturated rings. The van der Waals surface area contributed by atoms with E-state index in [-0.39, 0.29) is 5.91 Å². The SMILES string of the molecule is C=C/C=C\C(=C)CCC(N)=O. The van der Waals surface area contributed by atoms with Gasteiger partial charge in [0.15, 0.2) is 0 Å². The van der Waals surface area contributed by atoms with Crippen molar-refractivity contribution in [1.29, 1.82) is 0 Å². The van der Waals surface area contributed by atoms with Crippen LogP contribution >= 0.6 is 0 Å².